The van der Waals surface area contributed by atoms with E-state index in [1.807, 2.05) is 0 Å². The van der Waals surface area contributed by atoms with Crippen LogP contribution < -0.4 is 11.5 Å². The van der Waals surface area contributed by atoms with Gasteiger partial charge in [-0.05, 0) is 19.2 Å². The van der Waals surface area contributed by atoms with Gasteiger partial charge in [0.2, 0.25) is 0 Å². The Labute approximate surface area is 54.7 Å². The Hall–Kier alpha value is -1.09. The Kier molecular flexibility index (Phi) is 4.44. The summed E-state index contributed by atoms with van der Waals surface area (Å²) in [5, 5.41) is 0. The zero-order valence-corrected chi connectivity index (χ0v) is 5.41. The summed E-state index contributed by atoms with van der Waals surface area (Å²) < 4.78 is 0. The molecule has 0 bridgehead atoms. The monoisotopic (exact) mass is 125 g/mol. The van der Waals surface area contributed by atoms with Gasteiger partial charge in [0, 0.05) is 18.1 Å². The molecule has 50 valence electrons. The number of anilines is 1. The number of pyridine rings is 1. The largest absolute Gasteiger partial charge is 0.399 e. The Morgan fingerprint density at radius 3 is 1.89 bits per heavy atom. The first-order valence-corrected chi connectivity index (χ1v) is 2.63. The fourth-order valence-corrected chi connectivity index (χ4v) is 0.363. The minimum Gasteiger partial charge on any atom is -0.399 e. The van der Waals surface area contributed by atoms with Gasteiger partial charge in [-0.1, -0.05) is 0 Å². The van der Waals surface area contributed by atoms with Gasteiger partial charge in [0.05, 0.1) is 0 Å². The Balaban J connectivity index is 0.000000291. The molecule has 3 nitrogen and oxygen atoms in total. The molecule has 1 heterocycles. The standard InChI is InChI=1S/C5H6N2.CH5N/c6-5-1-3-7-4-2-5;1-2/h1-4H,(H2,6,7);2H2,1H3. The van der Waals surface area contributed by atoms with Gasteiger partial charge >= 0.3 is 0 Å². The minimum absolute atomic E-state index is 0.759. The average Bonchev–Trinajstić information content (AvgIpc) is 1.94. The lowest BCUT2D eigenvalue weighted by molar-refractivity contribution is 1.33. The van der Waals surface area contributed by atoms with Gasteiger partial charge in [-0.3, -0.25) is 4.98 Å². The molecule has 4 N–H and O–H groups in total. The highest BCUT2D eigenvalue weighted by molar-refractivity contribution is 5.33. The highest BCUT2D eigenvalue weighted by atomic mass is 14.6. The summed E-state index contributed by atoms with van der Waals surface area (Å²) in [4.78, 5) is 3.77. The molecule has 0 aliphatic heterocycles. The van der Waals surface area contributed by atoms with Crippen LogP contribution in [0, 0.1) is 0 Å². The van der Waals surface area contributed by atoms with Crippen LogP contribution in [0.5, 0.6) is 0 Å². The van der Waals surface area contributed by atoms with Gasteiger partial charge < -0.3 is 11.5 Å². The molecule has 3 heteroatoms. The molecular weight excluding hydrogens is 114 g/mol. The van der Waals surface area contributed by atoms with Crippen LogP contribution >= 0.6 is 0 Å². The fourth-order valence-electron chi connectivity index (χ4n) is 0.363. The number of nitrogens with zero attached hydrogens (tertiary/aromatic N) is 1. The van der Waals surface area contributed by atoms with E-state index in [-0.39, 0.29) is 0 Å². The van der Waals surface area contributed by atoms with Crippen molar-refractivity contribution in [2.24, 2.45) is 5.73 Å². The minimum atomic E-state index is 0.759. The molecule has 0 amide bonds. The lowest BCUT2D eigenvalue weighted by Crippen LogP contribution is -1.81. The third kappa shape index (κ3) is 3.49. The van der Waals surface area contributed by atoms with Crippen LogP contribution in [0.15, 0.2) is 24.5 Å². The van der Waals surface area contributed by atoms with Crippen molar-refractivity contribution in [1.82, 2.24) is 4.98 Å². The quantitative estimate of drug-likeness (QED) is 0.522. The number of nitrogen functional groups attached to an aromatic ring is 1. The topological polar surface area (TPSA) is 64.9 Å². The molecular formula is C6H11N3. The lowest BCUT2D eigenvalue weighted by Gasteiger charge is -1.83. The van der Waals surface area contributed by atoms with Crippen molar-refractivity contribution >= 4 is 5.69 Å². The molecule has 0 saturated carbocycles. The Morgan fingerprint density at radius 1 is 1.22 bits per heavy atom. The second-order valence-corrected chi connectivity index (χ2v) is 1.28. The molecule has 0 aliphatic carbocycles. The molecule has 0 radical (unpaired) electrons. The summed E-state index contributed by atoms with van der Waals surface area (Å²) in [5.74, 6) is 0. The maximum Gasteiger partial charge on any atom is 0.0344 e. The number of nitrogens with two attached hydrogens (primary N) is 2. The van der Waals surface area contributed by atoms with Gasteiger partial charge in [-0.2, -0.15) is 0 Å². The zero-order chi connectivity index (χ0) is 7.11. The predicted molar refractivity (Wildman–Crippen MR) is 38.8 cm³/mol. The van der Waals surface area contributed by atoms with E-state index in [0.29, 0.717) is 0 Å². The third-order valence-electron chi connectivity index (χ3n) is 0.706. The van der Waals surface area contributed by atoms with Crippen molar-refractivity contribution in [3.05, 3.63) is 24.5 Å². The van der Waals surface area contributed by atoms with E-state index in [9.17, 15) is 0 Å². The summed E-state index contributed by atoms with van der Waals surface area (Å²) >= 11 is 0. The van der Waals surface area contributed by atoms with Crippen LogP contribution in [0.1, 0.15) is 0 Å². The van der Waals surface area contributed by atoms with Gasteiger partial charge in [0.25, 0.3) is 0 Å². The van der Waals surface area contributed by atoms with Crippen LogP contribution in [-0.4, -0.2) is 12.0 Å². The molecule has 9 heavy (non-hydrogen) atoms. The molecule has 0 fully saturated rings. The van der Waals surface area contributed by atoms with E-state index in [1.165, 1.54) is 7.05 Å². The lowest BCUT2D eigenvalue weighted by atomic mass is 10.4. The van der Waals surface area contributed by atoms with Crippen molar-refractivity contribution in [3.63, 3.8) is 0 Å². The van der Waals surface area contributed by atoms with Crippen LogP contribution in [-0.2, 0) is 0 Å². The highest BCUT2D eigenvalue weighted by Crippen LogP contribution is 1.92. The molecule has 0 saturated heterocycles. The van der Waals surface area contributed by atoms with Crippen LogP contribution in [0.25, 0.3) is 0 Å². The molecule has 1 aromatic rings. The van der Waals surface area contributed by atoms with Crippen molar-refractivity contribution in [3.8, 4) is 0 Å². The van der Waals surface area contributed by atoms with Crippen molar-refractivity contribution < 1.29 is 0 Å². The first kappa shape index (κ1) is 7.91. The first-order valence-electron chi connectivity index (χ1n) is 2.63. The summed E-state index contributed by atoms with van der Waals surface area (Å²) in [6, 6.07) is 3.50. The van der Waals surface area contributed by atoms with E-state index in [2.05, 4.69) is 10.7 Å². The summed E-state index contributed by atoms with van der Waals surface area (Å²) in [6.45, 7) is 0. The predicted octanol–water partition coefficient (Wildman–Crippen LogP) is 0.239. The molecule has 0 atom stereocenters. The number of hydrogen-bond donors (Lipinski definition) is 2. The van der Waals surface area contributed by atoms with Crippen molar-refractivity contribution in [1.29, 1.82) is 0 Å². The summed E-state index contributed by atoms with van der Waals surface area (Å²) in [7, 11) is 1.50. The molecule has 0 spiro atoms. The maximum absolute atomic E-state index is 5.32. The van der Waals surface area contributed by atoms with E-state index < -0.39 is 0 Å². The molecule has 1 rings (SSSR count). The van der Waals surface area contributed by atoms with Crippen LogP contribution in [0.3, 0.4) is 0 Å². The van der Waals surface area contributed by atoms with E-state index in [1.54, 1.807) is 24.5 Å². The maximum atomic E-state index is 5.32. The smallest absolute Gasteiger partial charge is 0.0344 e. The zero-order valence-electron chi connectivity index (χ0n) is 5.41. The summed E-state index contributed by atoms with van der Waals surface area (Å²) in [5.41, 5.74) is 10.6. The Morgan fingerprint density at radius 2 is 1.67 bits per heavy atom. The van der Waals surface area contributed by atoms with Gasteiger partial charge in [-0.25, -0.2) is 0 Å². The van der Waals surface area contributed by atoms with Crippen LogP contribution in [0.2, 0.25) is 0 Å². The Bertz CT molecular complexity index is 138. The second kappa shape index (κ2) is 5.05. The second-order valence-electron chi connectivity index (χ2n) is 1.28. The van der Waals surface area contributed by atoms with E-state index in [4.69, 9.17) is 5.73 Å². The first-order chi connectivity index (χ1) is 4.39. The van der Waals surface area contributed by atoms with Gasteiger partial charge in [0.1, 0.15) is 0 Å². The number of rotatable bonds is 0. The van der Waals surface area contributed by atoms with E-state index in [0.717, 1.165) is 5.69 Å². The summed E-state index contributed by atoms with van der Waals surface area (Å²) in [6.07, 6.45) is 3.32. The van der Waals surface area contributed by atoms with Crippen molar-refractivity contribution in [2.45, 2.75) is 0 Å². The van der Waals surface area contributed by atoms with Gasteiger partial charge in [-0.15, -0.1) is 0 Å². The molecule has 0 unspecified atom stereocenters. The molecule has 0 aliphatic rings. The fraction of sp³-hybridized carbons (Fsp3) is 0.167. The van der Waals surface area contributed by atoms with Gasteiger partial charge in [0.15, 0.2) is 0 Å². The normalized spacial score (nSPS) is 7.33. The van der Waals surface area contributed by atoms with Crippen LogP contribution in [0.4, 0.5) is 5.69 Å². The average molecular weight is 125 g/mol. The number of hydrogen-bond acceptors (Lipinski definition) is 3. The van der Waals surface area contributed by atoms with E-state index >= 15 is 0 Å². The third-order valence-corrected chi connectivity index (χ3v) is 0.706. The highest BCUT2D eigenvalue weighted by Gasteiger charge is 1.73. The van der Waals surface area contributed by atoms with Crippen molar-refractivity contribution in [2.75, 3.05) is 12.8 Å². The number of aromatic nitrogens is 1. The molecule has 0 aromatic carbocycles. The SMILES string of the molecule is CN.Nc1ccncc1. The molecule has 1 aromatic heterocycles.